The number of benzene rings is 3. The molecular weight excluding hydrogens is 414 g/mol. The first-order valence-electron chi connectivity index (χ1n) is 8.29. The Morgan fingerprint density at radius 3 is 2.04 bits per heavy atom. The minimum absolute atomic E-state index is 0.0417. The van der Waals surface area contributed by atoms with Gasteiger partial charge in [-0.3, -0.25) is 0 Å². The molecule has 0 amide bonds. The average Bonchev–Trinajstić information content (AvgIpc) is 3.25. The summed E-state index contributed by atoms with van der Waals surface area (Å²) in [6.45, 7) is 0. The molecule has 0 spiro atoms. The van der Waals surface area contributed by atoms with E-state index in [2.05, 4.69) is 0 Å². The first-order chi connectivity index (χ1) is 13.4. The number of anilines is 1. The highest BCUT2D eigenvalue weighted by Gasteiger charge is 2.38. The van der Waals surface area contributed by atoms with Crippen LogP contribution in [0.25, 0.3) is 10.8 Å². The molecule has 28 heavy (non-hydrogen) atoms. The van der Waals surface area contributed by atoms with Crippen molar-refractivity contribution in [1.29, 1.82) is 0 Å². The maximum atomic E-state index is 13.5. The third-order valence-electron chi connectivity index (χ3n) is 4.19. The molecule has 0 radical (unpaired) electrons. The standard InChI is InChI=1S/C20H15NO4S3/c22-27(23,17-10-2-1-3-11-17)21(28(24,25)20-14-7-15-26-20)19-13-6-9-16-8-4-5-12-18(16)19/h1-15H. The van der Waals surface area contributed by atoms with E-state index in [1.165, 1.54) is 24.3 Å². The fraction of sp³-hybridized carbons (Fsp3) is 0. The molecule has 0 N–H and O–H groups in total. The van der Waals surface area contributed by atoms with Crippen LogP contribution in [0.3, 0.4) is 0 Å². The molecule has 0 aliphatic rings. The largest absolute Gasteiger partial charge is 0.287 e. The number of nitrogens with zero attached hydrogens (tertiary/aromatic N) is 1. The van der Waals surface area contributed by atoms with E-state index in [0.29, 0.717) is 9.10 Å². The Labute approximate surface area is 167 Å². The molecule has 8 heteroatoms. The smallest absolute Gasteiger partial charge is 0.200 e. The summed E-state index contributed by atoms with van der Waals surface area (Å²) >= 11 is 0.975. The van der Waals surface area contributed by atoms with Gasteiger partial charge in [0.15, 0.2) is 0 Å². The van der Waals surface area contributed by atoms with E-state index in [1.807, 2.05) is 18.2 Å². The zero-order chi connectivity index (χ0) is 19.8. The molecule has 0 aliphatic heterocycles. The van der Waals surface area contributed by atoms with Crippen molar-refractivity contribution in [2.45, 2.75) is 9.10 Å². The van der Waals surface area contributed by atoms with E-state index in [1.54, 1.807) is 47.8 Å². The number of sulfonamides is 2. The molecule has 3 aromatic carbocycles. The third kappa shape index (κ3) is 3.09. The summed E-state index contributed by atoms with van der Waals surface area (Å²) in [6, 6.07) is 22.6. The van der Waals surface area contributed by atoms with Gasteiger partial charge < -0.3 is 0 Å². The normalized spacial score (nSPS) is 12.1. The van der Waals surface area contributed by atoms with Gasteiger partial charge in [-0.2, -0.15) is 12.1 Å². The van der Waals surface area contributed by atoms with Gasteiger partial charge in [0.05, 0.1) is 10.6 Å². The van der Waals surface area contributed by atoms with Gasteiger partial charge >= 0.3 is 0 Å². The van der Waals surface area contributed by atoms with Crippen LogP contribution in [0.5, 0.6) is 0 Å². The zero-order valence-corrected chi connectivity index (χ0v) is 16.9. The number of hydrogen-bond acceptors (Lipinski definition) is 5. The van der Waals surface area contributed by atoms with E-state index in [4.69, 9.17) is 0 Å². The second-order valence-electron chi connectivity index (χ2n) is 5.95. The molecule has 142 valence electrons. The summed E-state index contributed by atoms with van der Waals surface area (Å²) in [5, 5.41) is 2.88. The lowest BCUT2D eigenvalue weighted by molar-refractivity contribution is 0.585. The van der Waals surface area contributed by atoms with Crippen LogP contribution in [0.1, 0.15) is 0 Å². The van der Waals surface area contributed by atoms with Crippen LogP contribution in [0.15, 0.2) is 99.4 Å². The van der Waals surface area contributed by atoms with E-state index in [9.17, 15) is 16.8 Å². The van der Waals surface area contributed by atoms with Crippen molar-refractivity contribution >= 4 is 47.8 Å². The van der Waals surface area contributed by atoms with Crippen molar-refractivity contribution < 1.29 is 16.8 Å². The molecule has 5 nitrogen and oxygen atoms in total. The van der Waals surface area contributed by atoms with Crippen molar-refractivity contribution in [3.05, 3.63) is 90.3 Å². The van der Waals surface area contributed by atoms with Crippen LogP contribution < -0.4 is 3.71 Å². The molecular formula is C20H15NO4S3. The van der Waals surface area contributed by atoms with Gasteiger partial charge in [-0.1, -0.05) is 60.7 Å². The van der Waals surface area contributed by atoms with Crippen LogP contribution in [0.4, 0.5) is 5.69 Å². The first-order valence-corrected chi connectivity index (χ1v) is 12.1. The molecule has 0 saturated heterocycles. The molecule has 4 aromatic rings. The van der Waals surface area contributed by atoms with Crippen molar-refractivity contribution in [3.63, 3.8) is 0 Å². The number of hydrogen-bond donors (Lipinski definition) is 0. The first kappa shape index (κ1) is 18.7. The van der Waals surface area contributed by atoms with Gasteiger partial charge in [0, 0.05) is 5.39 Å². The highest BCUT2D eigenvalue weighted by molar-refractivity contribution is 8.11. The molecule has 1 aromatic heterocycles. The predicted octanol–water partition coefficient (Wildman–Crippen LogP) is 4.49. The zero-order valence-electron chi connectivity index (χ0n) is 14.5. The molecule has 4 rings (SSSR count). The van der Waals surface area contributed by atoms with E-state index < -0.39 is 20.0 Å². The molecule has 0 atom stereocenters. The maximum Gasteiger partial charge on any atom is 0.287 e. The Balaban J connectivity index is 2.06. The Morgan fingerprint density at radius 1 is 0.643 bits per heavy atom. The van der Waals surface area contributed by atoms with Crippen LogP contribution in [0, 0.1) is 0 Å². The minimum atomic E-state index is -4.38. The predicted molar refractivity (Wildman–Crippen MR) is 112 cm³/mol. The summed E-state index contributed by atoms with van der Waals surface area (Å²) < 4.78 is 54.3. The second-order valence-corrected chi connectivity index (χ2v) is 10.9. The van der Waals surface area contributed by atoms with Crippen LogP contribution >= 0.6 is 11.3 Å². The van der Waals surface area contributed by atoms with Crippen molar-refractivity contribution in [1.82, 2.24) is 0 Å². The molecule has 0 unspecified atom stereocenters. The Hall–Kier alpha value is -2.68. The second kappa shape index (κ2) is 7.05. The van der Waals surface area contributed by atoms with E-state index in [0.717, 1.165) is 16.7 Å². The van der Waals surface area contributed by atoms with Crippen molar-refractivity contribution in [2.24, 2.45) is 0 Å². The molecule has 1 heterocycles. The third-order valence-corrected chi connectivity index (χ3v) is 9.73. The highest BCUT2D eigenvalue weighted by atomic mass is 32.3. The van der Waals surface area contributed by atoms with Gasteiger partial charge in [-0.15, -0.1) is 11.3 Å². The lowest BCUT2D eigenvalue weighted by atomic mass is 10.1. The summed E-state index contributed by atoms with van der Waals surface area (Å²) in [7, 11) is -8.72. The fourth-order valence-electron chi connectivity index (χ4n) is 2.94. The molecule has 0 aliphatic carbocycles. The van der Waals surface area contributed by atoms with Gasteiger partial charge in [0.2, 0.25) is 0 Å². The number of fused-ring (bicyclic) bond motifs is 1. The van der Waals surface area contributed by atoms with E-state index >= 15 is 0 Å². The summed E-state index contributed by atoms with van der Waals surface area (Å²) in [5.41, 5.74) is 0.0929. The Morgan fingerprint density at radius 2 is 1.32 bits per heavy atom. The van der Waals surface area contributed by atoms with Crippen LogP contribution in [0.2, 0.25) is 0 Å². The quantitative estimate of drug-likeness (QED) is 0.469. The average molecular weight is 430 g/mol. The van der Waals surface area contributed by atoms with Gasteiger partial charge in [-0.25, -0.2) is 8.42 Å². The summed E-state index contributed by atoms with van der Waals surface area (Å²) in [4.78, 5) is -0.0944. The SMILES string of the molecule is O=S(=O)(c1ccccc1)N(c1cccc2ccccc12)S(=O)(=O)c1cccs1. The van der Waals surface area contributed by atoms with Crippen molar-refractivity contribution in [2.75, 3.05) is 3.71 Å². The highest BCUT2D eigenvalue weighted by Crippen LogP contribution is 2.36. The van der Waals surface area contributed by atoms with Gasteiger partial charge in [-0.05, 0) is 35.0 Å². The Kier molecular flexibility index (Phi) is 4.70. The minimum Gasteiger partial charge on any atom is -0.200 e. The van der Waals surface area contributed by atoms with Crippen LogP contribution in [-0.4, -0.2) is 16.8 Å². The molecule has 0 saturated carbocycles. The topological polar surface area (TPSA) is 71.5 Å². The molecule has 0 fully saturated rings. The number of rotatable bonds is 5. The maximum absolute atomic E-state index is 13.5. The molecule has 0 bridgehead atoms. The fourth-order valence-corrected chi connectivity index (χ4v) is 7.88. The lowest BCUT2D eigenvalue weighted by Crippen LogP contribution is -2.36. The van der Waals surface area contributed by atoms with Gasteiger partial charge in [0.25, 0.3) is 20.0 Å². The van der Waals surface area contributed by atoms with Crippen molar-refractivity contribution in [3.8, 4) is 0 Å². The Bertz CT molecular complexity index is 1330. The summed E-state index contributed by atoms with van der Waals surface area (Å²) in [5.74, 6) is 0. The van der Waals surface area contributed by atoms with Crippen LogP contribution in [-0.2, 0) is 20.0 Å². The summed E-state index contributed by atoms with van der Waals surface area (Å²) in [6.07, 6.45) is 0. The monoisotopic (exact) mass is 429 g/mol. The van der Waals surface area contributed by atoms with Gasteiger partial charge in [0.1, 0.15) is 4.21 Å². The van der Waals surface area contributed by atoms with E-state index in [-0.39, 0.29) is 14.8 Å². The lowest BCUT2D eigenvalue weighted by Gasteiger charge is -2.24. The number of thiophene rings is 1.